The number of nitrogens with one attached hydrogen (secondary N) is 1. The van der Waals surface area contributed by atoms with Crippen LogP contribution in [0.5, 0.6) is 0 Å². The number of carbonyl (C=O) groups excluding carboxylic acids is 1. The summed E-state index contributed by atoms with van der Waals surface area (Å²) in [6, 6.07) is -0.721. The summed E-state index contributed by atoms with van der Waals surface area (Å²) in [7, 11) is 0. The Balaban J connectivity index is 2.39. The average Bonchev–Trinajstić information content (AvgIpc) is 3.13. The molecular weight excluding hydrogens is 646 g/mol. The molecule has 0 aromatic heterocycles. The summed E-state index contributed by atoms with van der Waals surface area (Å²) in [5.74, 6) is -0.158. The van der Waals surface area contributed by atoms with E-state index in [1.807, 2.05) is 0 Å². The van der Waals surface area contributed by atoms with Gasteiger partial charge in [0.25, 0.3) is 0 Å². The predicted molar refractivity (Wildman–Crippen MR) is 207 cm³/mol. The zero-order valence-corrected chi connectivity index (χ0v) is 32.6. The number of hydrogen-bond donors (Lipinski definition) is 6. The van der Waals surface area contributed by atoms with E-state index in [1.54, 1.807) is 0 Å². The molecule has 0 saturated carbocycles. The van der Waals surface area contributed by atoms with Gasteiger partial charge in [0.05, 0.1) is 25.4 Å². The van der Waals surface area contributed by atoms with Crippen LogP contribution in [-0.4, -0.2) is 87.5 Å². The van der Waals surface area contributed by atoms with Gasteiger partial charge in [-0.3, -0.25) is 4.79 Å². The van der Waals surface area contributed by atoms with Crippen LogP contribution in [0.3, 0.4) is 0 Å². The molecule has 9 nitrogen and oxygen atoms in total. The van der Waals surface area contributed by atoms with Crippen LogP contribution < -0.4 is 5.32 Å². The van der Waals surface area contributed by atoms with Gasteiger partial charge in [0.1, 0.15) is 24.4 Å². The van der Waals surface area contributed by atoms with Crippen molar-refractivity contribution in [1.29, 1.82) is 0 Å². The molecule has 0 aromatic carbocycles. The number of rotatable bonds is 34. The highest BCUT2D eigenvalue weighted by Gasteiger charge is 2.44. The fourth-order valence-corrected chi connectivity index (χ4v) is 6.62. The van der Waals surface area contributed by atoms with E-state index in [0.717, 1.165) is 57.8 Å². The van der Waals surface area contributed by atoms with Gasteiger partial charge in [-0.1, -0.05) is 160 Å². The molecule has 0 aliphatic carbocycles. The summed E-state index contributed by atoms with van der Waals surface area (Å²) in [5, 5.41) is 54.2. The SMILES string of the molecule is CCCCC/C=C\C=C/CCCCCCCCC(=O)NC(COC1OC(CO)C(O)C(O)C1O)C(O)CCCCCCCCCCCCCCC. The van der Waals surface area contributed by atoms with Crippen LogP contribution >= 0.6 is 0 Å². The van der Waals surface area contributed by atoms with Gasteiger partial charge in [-0.15, -0.1) is 0 Å². The minimum absolute atomic E-state index is 0.142. The molecule has 300 valence electrons. The molecule has 6 N–H and O–H groups in total. The lowest BCUT2D eigenvalue weighted by Gasteiger charge is -2.40. The second-order valence-corrected chi connectivity index (χ2v) is 14.8. The standard InChI is InChI=1S/C42H79NO8/c1-3-5-7-9-11-13-15-17-18-20-22-24-26-28-30-32-38(46)43-35(34-50-42-41(49)40(48)39(47)37(33-44)51-42)36(45)31-29-27-25-23-21-19-16-14-12-10-8-6-4-2/h11,13,15,17,35-37,39-42,44-45,47-49H,3-10,12,14,16,18-34H2,1-2H3,(H,43,46)/b13-11-,17-15-. The van der Waals surface area contributed by atoms with Crippen LogP contribution in [0.15, 0.2) is 24.3 Å². The fourth-order valence-electron chi connectivity index (χ4n) is 6.62. The molecule has 1 aliphatic heterocycles. The van der Waals surface area contributed by atoms with Crippen molar-refractivity contribution in [2.24, 2.45) is 0 Å². The van der Waals surface area contributed by atoms with Crippen molar-refractivity contribution < 1.29 is 39.8 Å². The first-order valence-electron chi connectivity index (χ1n) is 21.1. The molecule has 0 radical (unpaired) electrons. The summed E-state index contributed by atoms with van der Waals surface area (Å²) >= 11 is 0. The third-order valence-electron chi connectivity index (χ3n) is 10.1. The van der Waals surface area contributed by atoms with Gasteiger partial charge in [0.2, 0.25) is 5.91 Å². The van der Waals surface area contributed by atoms with Crippen LogP contribution in [0, 0.1) is 0 Å². The highest BCUT2D eigenvalue weighted by atomic mass is 16.7. The number of aliphatic hydroxyl groups excluding tert-OH is 5. The van der Waals surface area contributed by atoms with Gasteiger partial charge in [0.15, 0.2) is 6.29 Å². The van der Waals surface area contributed by atoms with Gasteiger partial charge >= 0.3 is 0 Å². The summed E-state index contributed by atoms with van der Waals surface area (Å²) in [6.45, 7) is 3.78. The van der Waals surface area contributed by atoms with E-state index in [1.165, 1.54) is 96.3 Å². The largest absolute Gasteiger partial charge is 0.394 e. The number of ether oxygens (including phenoxy) is 2. The number of unbranched alkanes of at least 4 members (excludes halogenated alkanes) is 21. The van der Waals surface area contributed by atoms with E-state index in [9.17, 15) is 30.3 Å². The minimum Gasteiger partial charge on any atom is -0.394 e. The van der Waals surface area contributed by atoms with Gasteiger partial charge in [-0.05, 0) is 38.5 Å². The topological polar surface area (TPSA) is 149 Å². The summed E-state index contributed by atoms with van der Waals surface area (Å²) in [4.78, 5) is 12.9. The lowest BCUT2D eigenvalue weighted by molar-refractivity contribution is -0.302. The first-order chi connectivity index (χ1) is 24.8. The molecule has 1 fully saturated rings. The molecule has 1 amide bonds. The Kier molecular flexibility index (Phi) is 31.1. The molecule has 0 aromatic rings. The van der Waals surface area contributed by atoms with E-state index < -0.39 is 49.5 Å². The lowest BCUT2D eigenvalue weighted by Crippen LogP contribution is -2.60. The highest BCUT2D eigenvalue weighted by Crippen LogP contribution is 2.23. The Bertz CT molecular complexity index is 853. The molecule has 1 heterocycles. The maximum Gasteiger partial charge on any atom is 0.220 e. The molecule has 51 heavy (non-hydrogen) atoms. The molecular formula is C42H79NO8. The normalized spacial score (nSPS) is 22.2. The Hall–Kier alpha value is -1.33. The fraction of sp³-hybridized carbons (Fsp3) is 0.881. The number of amides is 1. The Morgan fingerprint density at radius 1 is 0.667 bits per heavy atom. The van der Waals surface area contributed by atoms with E-state index in [0.29, 0.717) is 12.8 Å². The summed E-state index contributed by atoms with van der Waals surface area (Å²) in [6.07, 6.45) is 30.3. The third kappa shape index (κ3) is 24.6. The molecule has 7 unspecified atom stereocenters. The summed E-state index contributed by atoms with van der Waals surface area (Å²) in [5.41, 5.74) is 0. The average molecular weight is 726 g/mol. The Labute approximate surface area is 311 Å². The number of allylic oxidation sites excluding steroid dienone is 4. The maximum absolute atomic E-state index is 12.9. The van der Waals surface area contributed by atoms with Gasteiger partial charge in [-0.25, -0.2) is 0 Å². The van der Waals surface area contributed by atoms with Gasteiger partial charge in [-0.2, -0.15) is 0 Å². The molecule has 0 bridgehead atoms. The van der Waals surface area contributed by atoms with E-state index in [4.69, 9.17) is 9.47 Å². The van der Waals surface area contributed by atoms with Crippen LogP contribution in [0.1, 0.15) is 181 Å². The monoisotopic (exact) mass is 726 g/mol. The molecule has 0 spiro atoms. The van der Waals surface area contributed by atoms with E-state index >= 15 is 0 Å². The van der Waals surface area contributed by atoms with Crippen molar-refractivity contribution in [2.75, 3.05) is 13.2 Å². The molecule has 9 heteroatoms. The molecule has 7 atom stereocenters. The van der Waals surface area contributed by atoms with Crippen LogP contribution in [0.25, 0.3) is 0 Å². The zero-order chi connectivity index (χ0) is 37.4. The van der Waals surface area contributed by atoms with Crippen molar-refractivity contribution in [3.05, 3.63) is 24.3 Å². The first-order valence-corrected chi connectivity index (χ1v) is 21.1. The van der Waals surface area contributed by atoms with Crippen LogP contribution in [0.2, 0.25) is 0 Å². The highest BCUT2D eigenvalue weighted by molar-refractivity contribution is 5.76. The van der Waals surface area contributed by atoms with Crippen LogP contribution in [-0.2, 0) is 14.3 Å². The van der Waals surface area contributed by atoms with Crippen molar-refractivity contribution >= 4 is 5.91 Å². The number of carbonyl (C=O) groups is 1. The first kappa shape index (κ1) is 47.7. The summed E-state index contributed by atoms with van der Waals surface area (Å²) < 4.78 is 11.2. The zero-order valence-electron chi connectivity index (χ0n) is 32.6. The third-order valence-corrected chi connectivity index (χ3v) is 10.1. The van der Waals surface area contributed by atoms with Gasteiger partial charge < -0.3 is 40.3 Å². The van der Waals surface area contributed by atoms with Crippen LogP contribution in [0.4, 0.5) is 0 Å². The van der Waals surface area contributed by atoms with E-state index in [-0.39, 0.29) is 12.5 Å². The number of aliphatic hydroxyl groups is 5. The smallest absolute Gasteiger partial charge is 0.220 e. The Morgan fingerprint density at radius 2 is 1.14 bits per heavy atom. The second kappa shape index (κ2) is 33.3. The quantitative estimate of drug-likeness (QED) is 0.0289. The van der Waals surface area contributed by atoms with Crippen molar-refractivity contribution in [1.82, 2.24) is 5.32 Å². The van der Waals surface area contributed by atoms with Crippen molar-refractivity contribution in [2.45, 2.75) is 224 Å². The van der Waals surface area contributed by atoms with Crippen molar-refractivity contribution in [3.8, 4) is 0 Å². The molecule has 1 aliphatic rings. The molecule has 1 rings (SSSR count). The van der Waals surface area contributed by atoms with Crippen molar-refractivity contribution in [3.63, 3.8) is 0 Å². The maximum atomic E-state index is 12.9. The Morgan fingerprint density at radius 3 is 1.69 bits per heavy atom. The number of hydrogen-bond acceptors (Lipinski definition) is 8. The molecule has 1 saturated heterocycles. The van der Waals surface area contributed by atoms with E-state index in [2.05, 4.69) is 43.5 Å². The minimum atomic E-state index is -1.55. The van der Waals surface area contributed by atoms with Gasteiger partial charge in [0, 0.05) is 6.42 Å². The second-order valence-electron chi connectivity index (χ2n) is 14.8. The lowest BCUT2D eigenvalue weighted by atomic mass is 9.99. The predicted octanol–water partition coefficient (Wildman–Crippen LogP) is 7.94.